The molecule has 282 valence electrons. The lowest BCUT2D eigenvalue weighted by molar-refractivity contribution is -0.124. The van der Waals surface area contributed by atoms with E-state index in [0.717, 1.165) is 33.4 Å². The standard InChI is InChI=1S/C46H42N2O6P2/c1-25-26(2)40-34-33(43(49)47(44(34)50)31-21-13-7-14-22-31)39(25)55(40)53-37(29-17-9-5-10-18-29)38(30-19-11-6-12-20-30)54-56-41-27(3)28(4)42(56)36-35(41)45(51)48(46(36)52)32-23-15-8-16-24-32/h5-24,33-42H,1-4H3/t33?,34?,35?,36?,37-,38?,39-,40+,41-,42+,55?,56?/m0/s1. The molecule has 4 saturated heterocycles. The molecule has 0 spiro atoms. The summed E-state index contributed by atoms with van der Waals surface area (Å²) in [6.07, 6.45) is -1.17. The Morgan fingerprint density at radius 1 is 0.411 bits per heavy atom. The van der Waals surface area contributed by atoms with Crippen LogP contribution in [-0.2, 0) is 28.2 Å². The van der Waals surface area contributed by atoms with E-state index in [4.69, 9.17) is 9.05 Å². The van der Waals surface area contributed by atoms with Crippen LogP contribution in [0.1, 0.15) is 51.0 Å². The number of carbonyl (C=O) groups is 4. The van der Waals surface area contributed by atoms with Crippen LogP contribution < -0.4 is 9.80 Å². The molecule has 4 aromatic carbocycles. The van der Waals surface area contributed by atoms with Crippen LogP contribution in [-0.4, -0.2) is 46.3 Å². The van der Waals surface area contributed by atoms with Gasteiger partial charge in [-0.05, 0) is 63.1 Å². The molecule has 4 amide bonds. The molecule has 4 aromatic rings. The van der Waals surface area contributed by atoms with E-state index in [2.05, 4.69) is 52.0 Å². The normalized spacial score (nSPS) is 32.6. The Morgan fingerprint density at radius 2 is 0.661 bits per heavy atom. The molecule has 6 aliphatic heterocycles. The fourth-order valence-electron chi connectivity index (χ4n) is 10.6. The molecule has 0 saturated carbocycles. The maximum atomic E-state index is 14.3. The maximum Gasteiger partial charge on any atom is 0.238 e. The Balaban J connectivity index is 1.02. The van der Waals surface area contributed by atoms with E-state index in [9.17, 15) is 19.2 Å². The molecule has 7 unspecified atom stereocenters. The van der Waals surface area contributed by atoms with Gasteiger partial charge >= 0.3 is 0 Å². The molecular formula is C46H42N2O6P2. The van der Waals surface area contributed by atoms with Crippen molar-refractivity contribution in [2.24, 2.45) is 23.7 Å². The molecule has 10 rings (SSSR count). The Morgan fingerprint density at radius 3 is 0.929 bits per heavy atom. The first-order valence-electron chi connectivity index (χ1n) is 19.4. The van der Waals surface area contributed by atoms with Gasteiger partial charge in [0.2, 0.25) is 23.6 Å². The lowest BCUT2D eigenvalue weighted by atomic mass is 9.78. The van der Waals surface area contributed by atoms with Crippen LogP contribution >= 0.6 is 16.3 Å². The first kappa shape index (κ1) is 35.8. The van der Waals surface area contributed by atoms with Crippen molar-refractivity contribution in [3.05, 3.63) is 155 Å². The largest absolute Gasteiger partial charge is 0.347 e. The van der Waals surface area contributed by atoms with E-state index in [1.165, 1.54) is 9.80 Å². The molecule has 0 aromatic heterocycles. The highest BCUT2D eigenvalue weighted by Crippen LogP contribution is 2.76. The number of para-hydroxylation sites is 2. The smallest absolute Gasteiger partial charge is 0.238 e. The lowest BCUT2D eigenvalue weighted by Gasteiger charge is -2.36. The number of hydrogen-bond donors (Lipinski definition) is 0. The number of benzene rings is 4. The zero-order chi connectivity index (χ0) is 38.6. The summed E-state index contributed by atoms with van der Waals surface area (Å²) in [6, 6.07) is 38.7. The van der Waals surface area contributed by atoms with E-state index in [-0.39, 0.29) is 46.3 Å². The number of hydrogen-bond acceptors (Lipinski definition) is 6. The number of imide groups is 2. The number of anilines is 2. The molecule has 0 aliphatic carbocycles. The number of rotatable bonds is 9. The van der Waals surface area contributed by atoms with Crippen molar-refractivity contribution in [1.82, 2.24) is 0 Å². The third-order valence-electron chi connectivity index (χ3n) is 13.3. The van der Waals surface area contributed by atoms with Crippen LogP contribution in [0.5, 0.6) is 0 Å². The first-order chi connectivity index (χ1) is 27.2. The number of carbonyl (C=O) groups excluding carboxylic acids is 4. The summed E-state index contributed by atoms with van der Waals surface area (Å²) in [5.74, 6) is -2.53. The quantitative estimate of drug-likeness (QED) is 0.0957. The highest BCUT2D eigenvalue weighted by atomic mass is 31.1. The van der Waals surface area contributed by atoms with Crippen LogP contribution in [0.2, 0.25) is 0 Å². The third kappa shape index (κ3) is 5.05. The average molecular weight is 781 g/mol. The van der Waals surface area contributed by atoms with Gasteiger partial charge in [-0.1, -0.05) is 119 Å². The van der Waals surface area contributed by atoms with Gasteiger partial charge in [-0.15, -0.1) is 0 Å². The number of amides is 4. The van der Waals surface area contributed by atoms with Crippen LogP contribution in [0.3, 0.4) is 0 Å². The maximum absolute atomic E-state index is 14.3. The zero-order valence-corrected chi connectivity index (χ0v) is 33.3. The fraction of sp³-hybridized carbons (Fsp3) is 0.304. The molecule has 8 nitrogen and oxygen atoms in total. The summed E-state index contributed by atoms with van der Waals surface area (Å²) in [5, 5.41) is 0. The zero-order valence-electron chi connectivity index (χ0n) is 31.6. The molecule has 10 heteroatoms. The lowest BCUT2D eigenvalue weighted by Crippen LogP contribution is -2.34. The van der Waals surface area contributed by atoms with Gasteiger partial charge in [-0.25, -0.2) is 9.80 Å². The minimum atomic E-state index is -1.33. The summed E-state index contributed by atoms with van der Waals surface area (Å²) in [4.78, 5) is 59.9. The molecule has 0 radical (unpaired) electrons. The molecule has 4 fully saturated rings. The van der Waals surface area contributed by atoms with E-state index >= 15 is 0 Å². The number of fused-ring (bicyclic) bond motifs is 10. The van der Waals surface area contributed by atoms with Crippen molar-refractivity contribution < 1.29 is 28.2 Å². The van der Waals surface area contributed by atoms with Gasteiger partial charge in [0.25, 0.3) is 0 Å². The summed E-state index contributed by atoms with van der Waals surface area (Å²) >= 11 is 0. The summed E-state index contributed by atoms with van der Waals surface area (Å²) in [7, 11) is -2.67. The minimum absolute atomic E-state index is 0.151. The Kier molecular flexibility index (Phi) is 8.65. The molecule has 6 heterocycles. The van der Waals surface area contributed by atoms with E-state index < -0.39 is 52.2 Å². The van der Waals surface area contributed by atoms with Crippen LogP contribution in [0, 0.1) is 23.7 Å². The van der Waals surface area contributed by atoms with Crippen molar-refractivity contribution in [2.75, 3.05) is 9.80 Å². The molecule has 0 N–H and O–H groups in total. The Hall–Kier alpha value is -4.58. The van der Waals surface area contributed by atoms with E-state index in [1.807, 2.05) is 97.1 Å². The van der Waals surface area contributed by atoms with Crippen molar-refractivity contribution in [3.63, 3.8) is 0 Å². The third-order valence-corrected chi connectivity index (χ3v) is 19.3. The molecule has 6 aliphatic rings. The van der Waals surface area contributed by atoms with E-state index in [0.29, 0.717) is 11.4 Å². The predicted molar refractivity (Wildman–Crippen MR) is 218 cm³/mol. The van der Waals surface area contributed by atoms with Gasteiger partial charge < -0.3 is 9.05 Å². The Labute approximate surface area is 329 Å². The summed E-state index contributed by atoms with van der Waals surface area (Å²) in [6.45, 7) is 8.40. The van der Waals surface area contributed by atoms with Gasteiger partial charge in [-0.2, -0.15) is 0 Å². The molecule has 56 heavy (non-hydrogen) atoms. The minimum Gasteiger partial charge on any atom is -0.347 e. The van der Waals surface area contributed by atoms with Crippen LogP contribution in [0.15, 0.2) is 144 Å². The van der Waals surface area contributed by atoms with Gasteiger partial charge in [0, 0.05) is 38.9 Å². The second-order valence-electron chi connectivity index (χ2n) is 15.9. The fourth-order valence-corrected chi connectivity index (χ4v) is 17.6. The summed E-state index contributed by atoms with van der Waals surface area (Å²) < 4.78 is 15.0. The van der Waals surface area contributed by atoms with Gasteiger partial charge in [0.15, 0.2) is 0 Å². The van der Waals surface area contributed by atoms with Crippen molar-refractivity contribution in [1.29, 1.82) is 0 Å². The Bertz CT molecular complexity index is 2100. The molecular weight excluding hydrogens is 738 g/mol. The second kappa shape index (κ2) is 13.5. The van der Waals surface area contributed by atoms with Crippen molar-refractivity contribution in [2.45, 2.75) is 62.5 Å². The van der Waals surface area contributed by atoms with E-state index in [1.54, 1.807) is 0 Å². The number of allylic oxidation sites excluding steroid dienone is 4. The van der Waals surface area contributed by atoms with Gasteiger partial charge in [-0.3, -0.25) is 19.2 Å². The highest BCUT2D eigenvalue weighted by molar-refractivity contribution is 7.56. The predicted octanol–water partition coefficient (Wildman–Crippen LogP) is 9.11. The second-order valence-corrected chi connectivity index (χ2v) is 20.0. The number of nitrogens with zero attached hydrogens (tertiary/aromatic N) is 2. The molecule has 4 bridgehead atoms. The SMILES string of the molecule is CC1=C(C)[C@H]2C3C(=O)N(c4ccccc4)C(=O)C3[C@@H]1P2OC(c1ccccc1)[C@@H](OP1[C@@H]2C(C)=C(C)[C@H]1C1C(=O)N(c3ccccc3)C(=O)C12)c1ccccc1. The van der Waals surface area contributed by atoms with Gasteiger partial charge in [0.1, 0.15) is 12.2 Å². The summed E-state index contributed by atoms with van der Waals surface area (Å²) in [5.41, 5.74) is 6.85. The van der Waals surface area contributed by atoms with Crippen LogP contribution in [0.25, 0.3) is 0 Å². The van der Waals surface area contributed by atoms with Crippen molar-refractivity contribution in [3.8, 4) is 0 Å². The monoisotopic (exact) mass is 780 g/mol. The average Bonchev–Trinajstić information content (AvgIpc) is 3.99. The first-order valence-corrected chi connectivity index (χ1v) is 22.2. The highest BCUT2D eigenvalue weighted by Gasteiger charge is 2.70. The van der Waals surface area contributed by atoms with Crippen LogP contribution in [0.4, 0.5) is 11.4 Å². The molecule has 12 atom stereocenters. The topological polar surface area (TPSA) is 93.2 Å². The van der Waals surface area contributed by atoms with Gasteiger partial charge in [0.05, 0.1) is 35.0 Å². The van der Waals surface area contributed by atoms with Crippen molar-refractivity contribution >= 4 is 51.3 Å².